The highest BCUT2D eigenvalue weighted by Gasteiger charge is 2.29. The summed E-state index contributed by atoms with van der Waals surface area (Å²) in [4.78, 5) is 0. The number of rotatable bonds is 1. The SMILES string of the molecule is [B]c1cccc2c1CC[C@@](N)(CO)C2. The zero-order valence-electron chi connectivity index (χ0n) is 8.16. The molecule has 1 atom stereocenters. The van der Waals surface area contributed by atoms with Crippen LogP contribution in [-0.4, -0.2) is 25.1 Å². The molecule has 0 unspecified atom stereocenters. The van der Waals surface area contributed by atoms with Crippen molar-refractivity contribution >= 4 is 13.3 Å². The van der Waals surface area contributed by atoms with Gasteiger partial charge >= 0.3 is 0 Å². The first kappa shape index (κ1) is 9.75. The fraction of sp³-hybridized carbons (Fsp3) is 0.455. The van der Waals surface area contributed by atoms with E-state index in [1.807, 2.05) is 18.2 Å². The molecule has 0 aromatic heterocycles. The topological polar surface area (TPSA) is 46.2 Å². The Bertz CT molecular complexity index is 353. The second-order valence-corrected chi connectivity index (χ2v) is 4.18. The predicted molar refractivity (Wildman–Crippen MR) is 57.9 cm³/mol. The first-order valence-corrected chi connectivity index (χ1v) is 4.91. The number of nitrogens with two attached hydrogens (primary N) is 1. The lowest BCUT2D eigenvalue weighted by molar-refractivity contribution is 0.181. The third kappa shape index (κ3) is 1.58. The van der Waals surface area contributed by atoms with Gasteiger partial charge in [-0.1, -0.05) is 29.2 Å². The van der Waals surface area contributed by atoms with Crippen LogP contribution in [0.2, 0.25) is 0 Å². The third-order valence-corrected chi connectivity index (χ3v) is 3.04. The highest BCUT2D eigenvalue weighted by Crippen LogP contribution is 2.25. The van der Waals surface area contributed by atoms with Gasteiger partial charge in [0.15, 0.2) is 0 Å². The minimum atomic E-state index is -0.444. The fourth-order valence-electron chi connectivity index (χ4n) is 2.10. The summed E-state index contributed by atoms with van der Waals surface area (Å²) in [5.74, 6) is 0. The Morgan fingerprint density at radius 3 is 3.00 bits per heavy atom. The summed E-state index contributed by atoms with van der Waals surface area (Å²) in [7, 11) is 5.87. The van der Waals surface area contributed by atoms with E-state index in [2.05, 4.69) is 0 Å². The number of aliphatic hydroxyl groups is 1. The van der Waals surface area contributed by atoms with E-state index >= 15 is 0 Å². The van der Waals surface area contributed by atoms with E-state index in [-0.39, 0.29) is 6.61 Å². The van der Waals surface area contributed by atoms with Gasteiger partial charge in [0, 0.05) is 5.54 Å². The van der Waals surface area contributed by atoms with Crippen molar-refractivity contribution < 1.29 is 5.11 Å². The van der Waals surface area contributed by atoms with Crippen molar-refractivity contribution in [2.24, 2.45) is 5.73 Å². The van der Waals surface area contributed by atoms with Crippen molar-refractivity contribution in [3.63, 3.8) is 0 Å². The average Bonchev–Trinajstić information content (AvgIpc) is 2.18. The van der Waals surface area contributed by atoms with E-state index in [1.54, 1.807) is 0 Å². The fourth-order valence-corrected chi connectivity index (χ4v) is 2.10. The van der Waals surface area contributed by atoms with Gasteiger partial charge in [-0.05, 0) is 24.8 Å². The van der Waals surface area contributed by atoms with E-state index in [4.69, 9.17) is 13.6 Å². The molecular weight excluding hydrogens is 173 g/mol. The normalized spacial score (nSPS) is 25.9. The van der Waals surface area contributed by atoms with Gasteiger partial charge < -0.3 is 10.8 Å². The molecule has 72 valence electrons. The maximum absolute atomic E-state index is 9.19. The van der Waals surface area contributed by atoms with E-state index < -0.39 is 5.54 Å². The molecule has 0 fully saturated rings. The van der Waals surface area contributed by atoms with Crippen molar-refractivity contribution in [3.05, 3.63) is 29.3 Å². The van der Waals surface area contributed by atoms with Crippen molar-refractivity contribution in [3.8, 4) is 0 Å². The van der Waals surface area contributed by atoms with Crippen LogP contribution in [0, 0.1) is 0 Å². The summed E-state index contributed by atoms with van der Waals surface area (Å²) in [5.41, 5.74) is 8.84. The van der Waals surface area contributed by atoms with Crippen LogP contribution < -0.4 is 11.2 Å². The summed E-state index contributed by atoms with van der Waals surface area (Å²) in [6.07, 6.45) is 2.41. The summed E-state index contributed by atoms with van der Waals surface area (Å²) in [6, 6.07) is 5.90. The lowest BCUT2D eigenvalue weighted by Gasteiger charge is -2.33. The molecule has 0 heterocycles. The number of benzene rings is 1. The van der Waals surface area contributed by atoms with Gasteiger partial charge in [0.25, 0.3) is 0 Å². The van der Waals surface area contributed by atoms with Gasteiger partial charge in [0.05, 0.1) is 6.61 Å². The van der Waals surface area contributed by atoms with E-state index in [0.717, 1.165) is 24.7 Å². The molecule has 0 saturated heterocycles. The Balaban J connectivity index is 2.36. The van der Waals surface area contributed by atoms with Crippen molar-refractivity contribution in [1.29, 1.82) is 0 Å². The maximum Gasteiger partial charge on any atom is 0.114 e. The van der Waals surface area contributed by atoms with Gasteiger partial charge in [-0.2, -0.15) is 0 Å². The minimum Gasteiger partial charge on any atom is -0.394 e. The molecule has 3 N–H and O–H groups in total. The Kier molecular flexibility index (Phi) is 2.37. The summed E-state index contributed by atoms with van der Waals surface area (Å²) in [5, 5.41) is 9.19. The number of aliphatic hydroxyl groups excluding tert-OH is 1. The van der Waals surface area contributed by atoms with Crippen LogP contribution in [-0.2, 0) is 12.8 Å². The average molecular weight is 187 g/mol. The minimum absolute atomic E-state index is 0.0429. The van der Waals surface area contributed by atoms with Crippen LogP contribution in [0.25, 0.3) is 0 Å². The molecule has 0 spiro atoms. The molecule has 3 heteroatoms. The molecule has 0 aliphatic heterocycles. The Labute approximate surface area is 85.5 Å². The Hall–Kier alpha value is -0.795. The molecule has 2 radical (unpaired) electrons. The molecule has 2 nitrogen and oxygen atoms in total. The molecule has 0 bridgehead atoms. The smallest absolute Gasteiger partial charge is 0.114 e. The number of fused-ring (bicyclic) bond motifs is 1. The lowest BCUT2D eigenvalue weighted by atomic mass is 9.74. The highest BCUT2D eigenvalue weighted by atomic mass is 16.3. The second-order valence-electron chi connectivity index (χ2n) is 4.18. The summed E-state index contributed by atoms with van der Waals surface area (Å²) >= 11 is 0. The zero-order chi connectivity index (χ0) is 10.2. The van der Waals surface area contributed by atoms with E-state index in [0.29, 0.717) is 0 Å². The molecule has 0 amide bonds. The summed E-state index contributed by atoms with van der Waals surface area (Å²) < 4.78 is 0. The molecular formula is C11H14BNO. The first-order valence-electron chi connectivity index (χ1n) is 4.91. The van der Waals surface area contributed by atoms with Crippen LogP contribution in [0.5, 0.6) is 0 Å². The van der Waals surface area contributed by atoms with Gasteiger partial charge in [0.2, 0.25) is 0 Å². The second kappa shape index (κ2) is 3.41. The lowest BCUT2D eigenvalue weighted by Crippen LogP contribution is -2.49. The Morgan fingerprint density at radius 1 is 1.50 bits per heavy atom. The van der Waals surface area contributed by atoms with E-state index in [9.17, 15) is 5.11 Å². The van der Waals surface area contributed by atoms with Crippen LogP contribution in [0.15, 0.2) is 18.2 Å². The van der Waals surface area contributed by atoms with E-state index in [1.165, 1.54) is 11.1 Å². The van der Waals surface area contributed by atoms with Crippen molar-refractivity contribution in [1.82, 2.24) is 0 Å². The molecule has 14 heavy (non-hydrogen) atoms. The molecule has 1 aliphatic rings. The molecule has 1 aromatic rings. The monoisotopic (exact) mass is 187 g/mol. The van der Waals surface area contributed by atoms with Crippen LogP contribution in [0.3, 0.4) is 0 Å². The molecule has 2 rings (SSSR count). The largest absolute Gasteiger partial charge is 0.394 e. The first-order chi connectivity index (χ1) is 6.64. The highest BCUT2D eigenvalue weighted by molar-refractivity contribution is 6.33. The molecule has 1 aromatic carbocycles. The maximum atomic E-state index is 9.19. The third-order valence-electron chi connectivity index (χ3n) is 3.04. The van der Waals surface area contributed by atoms with Crippen molar-refractivity contribution in [2.75, 3.05) is 6.61 Å². The molecule has 0 saturated carbocycles. The van der Waals surface area contributed by atoms with Crippen molar-refractivity contribution in [2.45, 2.75) is 24.8 Å². The number of hydrogen-bond acceptors (Lipinski definition) is 2. The quantitative estimate of drug-likeness (QED) is 0.590. The van der Waals surface area contributed by atoms with Crippen LogP contribution >= 0.6 is 0 Å². The standard InChI is InChI=1S/C11H14BNO/c12-10-3-1-2-8-6-11(13,7-14)5-4-9(8)10/h1-3,14H,4-7,13H2/t11-/m0/s1. The Morgan fingerprint density at radius 2 is 2.29 bits per heavy atom. The van der Waals surface area contributed by atoms with Crippen LogP contribution in [0.4, 0.5) is 0 Å². The van der Waals surface area contributed by atoms with Gasteiger partial charge in [-0.25, -0.2) is 0 Å². The molecule has 1 aliphatic carbocycles. The van der Waals surface area contributed by atoms with Crippen LogP contribution in [0.1, 0.15) is 17.5 Å². The van der Waals surface area contributed by atoms with Gasteiger partial charge in [-0.3, -0.25) is 0 Å². The van der Waals surface area contributed by atoms with Gasteiger partial charge in [-0.15, -0.1) is 0 Å². The van der Waals surface area contributed by atoms with Gasteiger partial charge in [0.1, 0.15) is 7.85 Å². The predicted octanol–water partition coefficient (Wildman–Crippen LogP) is -0.341. The summed E-state index contributed by atoms with van der Waals surface area (Å²) in [6.45, 7) is 0.0429. The zero-order valence-corrected chi connectivity index (χ0v) is 8.16. The number of hydrogen-bond donors (Lipinski definition) is 2.